The molecule has 0 heterocycles. The van der Waals surface area contributed by atoms with E-state index in [1.807, 2.05) is 0 Å². The zero-order valence-electron chi connectivity index (χ0n) is 6.82. The Balaban J connectivity index is 2.88. The van der Waals surface area contributed by atoms with Crippen molar-refractivity contribution in [1.82, 2.24) is 0 Å². The summed E-state index contributed by atoms with van der Waals surface area (Å²) in [6.07, 6.45) is -2.17. The number of aliphatic hydroxyl groups excluding tert-OH is 2. The molecule has 1 rings (SSSR count). The summed E-state index contributed by atoms with van der Waals surface area (Å²) in [6, 6.07) is 5.85. The number of halogens is 2. The van der Waals surface area contributed by atoms with Gasteiger partial charge in [-0.1, -0.05) is 34.1 Å². The first kappa shape index (κ1) is 10.6. The van der Waals surface area contributed by atoms with Gasteiger partial charge in [0.25, 0.3) is 0 Å². The highest BCUT2D eigenvalue weighted by molar-refractivity contribution is 9.09. The van der Waals surface area contributed by atoms with Crippen molar-refractivity contribution >= 4 is 15.9 Å². The summed E-state index contributed by atoms with van der Waals surface area (Å²) in [7, 11) is 0. The van der Waals surface area contributed by atoms with Crippen LogP contribution in [0.1, 0.15) is 11.7 Å². The van der Waals surface area contributed by atoms with Gasteiger partial charge in [0.1, 0.15) is 11.9 Å². The maximum Gasteiger partial charge on any atom is 0.129 e. The predicted molar refractivity (Wildman–Crippen MR) is 51.2 cm³/mol. The zero-order valence-corrected chi connectivity index (χ0v) is 8.41. The average Bonchev–Trinajstić information content (AvgIpc) is 2.16. The standard InChI is InChI=1S/C9H10BrFO2/c10-5-8(12)9(13)6-3-1-2-4-7(6)11/h1-4,8-9,12-13H,5H2. The van der Waals surface area contributed by atoms with E-state index >= 15 is 0 Å². The molecule has 2 atom stereocenters. The van der Waals surface area contributed by atoms with Gasteiger partial charge < -0.3 is 10.2 Å². The van der Waals surface area contributed by atoms with Crippen molar-refractivity contribution in [2.45, 2.75) is 12.2 Å². The van der Waals surface area contributed by atoms with Gasteiger partial charge >= 0.3 is 0 Å². The maximum absolute atomic E-state index is 13.1. The first-order chi connectivity index (χ1) is 6.16. The number of hydrogen-bond donors (Lipinski definition) is 2. The van der Waals surface area contributed by atoms with Gasteiger partial charge in [-0.25, -0.2) is 4.39 Å². The third-order valence-electron chi connectivity index (χ3n) is 1.75. The zero-order chi connectivity index (χ0) is 9.84. The summed E-state index contributed by atoms with van der Waals surface area (Å²) < 4.78 is 13.1. The Kier molecular flexibility index (Phi) is 3.84. The van der Waals surface area contributed by atoms with Gasteiger partial charge in [-0.15, -0.1) is 0 Å². The fourth-order valence-electron chi connectivity index (χ4n) is 1.01. The summed E-state index contributed by atoms with van der Waals surface area (Å²) in [5.74, 6) is -0.505. The molecule has 0 saturated carbocycles. The van der Waals surface area contributed by atoms with Crippen molar-refractivity contribution in [1.29, 1.82) is 0 Å². The summed E-state index contributed by atoms with van der Waals surface area (Å²) >= 11 is 3.00. The van der Waals surface area contributed by atoms with Crippen molar-refractivity contribution in [2.24, 2.45) is 0 Å². The van der Waals surface area contributed by atoms with E-state index < -0.39 is 18.0 Å². The molecule has 0 amide bonds. The second-order valence-electron chi connectivity index (χ2n) is 2.69. The van der Waals surface area contributed by atoms with Crippen LogP contribution in [0.3, 0.4) is 0 Å². The van der Waals surface area contributed by atoms with Crippen LogP contribution in [0, 0.1) is 5.82 Å². The predicted octanol–water partition coefficient (Wildman–Crippen LogP) is 1.61. The molecule has 2 nitrogen and oxygen atoms in total. The highest BCUT2D eigenvalue weighted by Crippen LogP contribution is 2.20. The highest BCUT2D eigenvalue weighted by Gasteiger charge is 2.19. The topological polar surface area (TPSA) is 40.5 Å². The molecule has 0 aliphatic heterocycles. The maximum atomic E-state index is 13.1. The smallest absolute Gasteiger partial charge is 0.129 e. The van der Waals surface area contributed by atoms with Gasteiger partial charge in [-0.2, -0.15) is 0 Å². The molecule has 0 radical (unpaired) electrons. The molecule has 0 aromatic heterocycles. The fourth-order valence-corrected chi connectivity index (χ4v) is 1.36. The summed E-state index contributed by atoms with van der Waals surface area (Å²) in [5.41, 5.74) is 0.120. The summed E-state index contributed by atoms with van der Waals surface area (Å²) in [5, 5.41) is 18.9. The monoisotopic (exact) mass is 248 g/mol. The van der Waals surface area contributed by atoms with Crippen LogP contribution in [0.5, 0.6) is 0 Å². The molecule has 0 aliphatic carbocycles. The molecule has 1 aromatic rings. The molecule has 13 heavy (non-hydrogen) atoms. The number of aliphatic hydroxyl groups is 2. The van der Waals surface area contributed by atoms with E-state index in [1.165, 1.54) is 18.2 Å². The molecule has 0 saturated heterocycles. The molecular formula is C9H10BrFO2. The van der Waals surface area contributed by atoms with Crippen LogP contribution < -0.4 is 0 Å². The van der Waals surface area contributed by atoms with E-state index in [-0.39, 0.29) is 10.9 Å². The van der Waals surface area contributed by atoms with E-state index in [0.717, 1.165) is 0 Å². The molecular weight excluding hydrogens is 239 g/mol. The Morgan fingerprint density at radius 3 is 2.46 bits per heavy atom. The molecule has 2 unspecified atom stereocenters. The van der Waals surface area contributed by atoms with Crippen molar-refractivity contribution < 1.29 is 14.6 Å². The lowest BCUT2D eigenvalue weighted by Gasteiger charge is -2.15. The van der Waals surface area contributed by atoms with Crippen molar-refractivity contribution in [3.8, 4) is 0 Å². The van der Waals surface area contributed by atoms with E-state index in [2.05, 4.69) is 15.9 Å². The van der Waals surface area contributed by atoms with Gasteiger partial charge in [0.2, 0.25) is 0 Å². The van der Waals surface area contributed by atoms with Crippen LogP contribution in [0.15, 0.2) is 24.3 Å². The lowest BCUT2D eigenvalue weighted by molar-refractivity contribution is 0.0320. The van der Waals surface area contributed by atoms with Gasteiger partial charge in [0.05, 0.1) is 6.10 Å². The second kappa shape index (κ2) is 4.69. The van der Waals surface area contributed by atoms with E-state index in [0.29, 0.717) is 0 Å². The largest absolute Gasteiger partial charge is 0.389 e. The van der Waals surface area contributed by atoms with Crippen LogP contribution in [0.2, 0.25) is 0 Å². The van der Waals surface area contributed by atoms with E-state index in [4.69, 9.17) is 0 Å². The van der Waals surface area contributed by atoms with Crippen molar-refractivity contribution in [2.75, 3.05) is 5.33 Å². The van der Waals surface area contributed by atoms with Crippen LogP contribution in [0.25, 0.3) is 0 Å². The number of benzene rings is 1. The second-order valence-corrected chi connectivity index (χ2v) is 3.34. The number of alkyl halides is 1. The molecule has 72 valence electrons. The Bertz CT molecular complexity index is 280. The molecule has 0 aliphatic rings. The van der Waals surface area contributed by atoms with Crippen LogP contribution in [-0.2, 0) is 0 Å². The van der Waals surface area contributed by atoms with Gasteiger partial charge in [0.15, 0.2) is 0 Å². The molecule has 2 N–H and O–H groups in total. The van der Waals surface area contributed by atoms with Gasteiger partial charge in [-0.3, -0.25) is 0 Å². The van der Waals surface area contributed by atoms with E-state index in [9.17, 15) is 14.6 Å². The number of rotatable bonds is 3. The quantitative estimate of drug-likeness (QED) is 0.799. The van der Waals surface area contributed by atoms with Gasteiger partial charge in [0, 0.05) is 10.9 Å². The first-order valence-corrected chi connectivity index (χ1v) is 4.95. The Morgan fingerprint density at radius 2 is 1.92 bits per heavy atom. The molecule has 0 spiro atoms. The first-order valence-electron chi connectivity index (χ1n) is 3.83. The molecule has 1 aromatic carbocycles. The van der Waals surface area contributed by atoms with Gasteiger partial charge in [-0.05, 0) is 6.07 Å². The van der Waals surface area contributed by atoms with Crippen LogP contribution >= 0.6 is 15.9 Å². The summed E-state index contributed by atoms with van der Waals surface area (Å²) in [4.78, 5) is 0. The van der Waals surface area contributed by atoms with Crippen LogP contribution in [-0.4, -0.2) is 21.6 Å². The van der Waals surface area contributed by atoms with Crippen molar-refractivity contribution in [3.05, 3.63) is 35.6 Å². The third kappa shape index (κ3) is 2.49. The lowest BCUT2D eigenvalue weighted by Crippen LogP contribution is -2.20. The minimum atomic E-state index is -1.18. The fraction of sp³-hybridized carbons (Fsp3) is 0.333. The Labute approximate surface area is 84.1 Å². The van der Waals surface area contributed by atoms with Crippen LogP contribution in [0.4, 0.5) is 4.39 Å². The highest BCUT2D eigenvalue weighted by atomic mass is 79.9. The third-order valence-corrected chi connectivity index (χ3v) is 2.41. The lowest BCUT2D eigenvalue weighted by atomic mass is 10.1. The minimum absolute atomic E-state index is 0.120. The summed E-state index contributed by atoms with van der Waals surface area (Å²) in [6.45, 7) is 0. The number of hydrogen-bond acceptors (Lipinski definition) is 2. The SMILES string of the molecule is OC(CBr)C(O)c1ccccc1F. The van der Waals surface area contributed by atoms with E-state index in [1.54, 1.807) is 6.07 Å². The molecule has 0 bridgehead atoms. The normalized spacial score (nSPS) is 15.4. The van der Waals surface area contributed by atoms with Crippen molar-refractivity contribution in [3.63, 3.8) is 0 Å². The molecule has 4 heteroatoms. The Morgan fingerprint density at radius 1 is 1.31 bits per heavy atom. The Hall–Kier alpha value is -0.450. The minimum Gasteiger partial charge on any atom is -0.389 e. The molecule has 0 fully saturated rings. The average molecular weight is 249 g/mol.